The Bertz CT molecular complexity index is 1020. The molecule has 26 heavy (non-hydrogen) atoms. The Labute approximate surface area is 153 Å². The Morgan fingerprint density at radius 1 is 1.23 bits per heavy atom. The summed E-state index contributed by atoms with van der Waals surface area (Å²) >= 11 is 1.26. The molecule has 0 unspecified atom stereocenters. The molecule has 0 aliphatic rings. The summed E-state index contributed by atoms with van der Waals surface area (Å²) in [6.45, 7) is 1.79. The third-order valence-electron chi connectivity index (χ3n) is 3.88. The lowest BCUT2D eigenvalue weighted by atomic mass is 10.0. The zero-order chi connectivity index (χ0) is 18.7. The molecule has 2 aromatic heterocycles. The second-order valence-corrected chi connectivity index (χ2v) is 6.60. The first-order valence-corrected chi connectivity index (χ1v) is 8.76. The van der Waals surface area contributed by atoms with Crippen molar-refractivity contribution in [2.24, 2.45) is 0 Å². The van der Waals surface area contributed by atoms with Crippen LogP contribution in [-0.2, 0) is 16.0 Å². The highest BCUT2D eigenvalue weighted by atomic mass is 32.1. The second kappa shape index (κ2) is 7.53. The van der Waals surface area contributed by atoms with Crippen LogP contribution in [0.1, 0.15) is 27.2 Å². The topological polar surface area (TPSA) is 82.8 Å². The molecule has 7 heteroatoms. The molecule has 0 fully saturated rings. The van der Waals surface area contributed by atoms with Gasteiger partial charge in [-0.1, -0.05) is 6.07 Å². The summed E-state index contributed by atoms with van der Waals surface area (Å²) in [5.74, 6) is -0.612. The van der Waals surface area contributed by atoms with E-state index in [1.165, 1.54) is 30.6 Å². The van der Waals surface area contributed by atoms with Crippen LogP contribution >= 0.6 is 11.3 Å². The molecule has 3 rings (SSSR count). The van der Waals surface area contributed by atoms with Crippen LogP contribution in [0, 0.1) is 6.92 Å². The van der Waals surface area contributed by atoms with Gasteiger partial charge in [0.15, 0.2) is 0 Å². The molecule has 0 bridgehead atoms. The molecule has 0 saturated carbocycles. The van der Waals surface area contributed by atoms with Gasteiger partial charge >= 0.3 is 17.6 Å². The molecule has 0 spiro atoms. The van der Waals surface area contributed by atoms with Gasteiger partial charge in [0.25, 0.3) is 0 Å². The van der Waals surface area contributed by atoms with Gasteiger partial charge in [-0.2, -0.15) is 0 Å². The van der Waals surface area contributed by atoms with Crippen LogP contribution < -0.4 is 10.4 Å². The fraction of sp³-hybridized carbons (Fsp3) is 0.211. The van der Waals surface area contributed by atoms with Crippen molar-refractivity contribution in [3.8, 4) is 5.75 Å². The number of esters is 2. The van der Waals surface area contributed by atoms with E-state index in [0.29, 0.717) is 22.4 Å². The van der Waals surface area contributed by atoms with E-state index in [9.17, 15) is 14.4 Å². The van der Waals surface area contributed by atoms with Crippen molar-refractivity contribution in [2.75, 3.05) is 7.11 Å². The van der Waals surface area contributed by atoms with Crippen LogP contribution in [0.2, 0.25) is 0 Å². The maximum absolute atomic E-state index is 12.3. The lowest BCUT2D eigenvalue weighted by molar-refractivity contribution is -0.140. The first-order chi connectivity index (χ1) is 12.5. The lowest BCUT2D eigenvalue weighted by Gasteiger charge is -2.11. The number of ether oxygens (including phenoxy) is 2. The number of aryl methyl sites for hydroxylation is 2. The lowest BCUT2D eigenvalue weighted by Crippen LogP contribution is -2.10. The predicted octanol–water partition coefficient (Wildman–Crippen LogP) is 3.49. The molecule has 0 atom stereocenters. The molecule has 3 aromatic rings. The van der Waals surface area contributed by atoms with Gasteiger partial charge in [-0.3, -0.25) is 4.79 Å². The number of fused-ring (bicyclic) bond motifs is 1. The van der Waals surface area contributed by atoms with Crippen LogP contribution in [0.25, 0.3) is 11.0 Å². The van der Waals surface area contributed by atoms with Crippen molar-refractivity contribution in [2.45, 2.75) is 19.8 Å². The standard InChI is InChI=1S/C19H16O6S/c1-11-8-18(21)24-15-10-14(25-19(22)16-4-3-7-26-16)12(9-13(11)15)5-6-17(20)23-2/h3-4,7-10H,5-6H2,1-2H3. The van der Waals surface area contributed by atoms with E-state index in [0.717, 1.165) is 10.9 Å². The number of benzene rings is 1. The van der Waals surface area contributed by atoms with Crippen LogP contribution in [0.15, 0.2) is 44.9 Å². The summed E-state index contributed by atoms with van der Waals surface area (Å²) in [5.41, 5.74) is 1.25. The number of thiophene rings is 1. The smallest absolute Gasteiger partial charge is 0.353 e. The Morgan fingerprint density at radius 3 is 2.73 bits per heavy atom. The van der Waals surface area contributed by atoms with Gasteiger partial charge in [-0.05, 0) is 42.0 Å². The zero-order valence-electron chi connectivity index (χ0n) is 14.2. The third kappa shape index (κ3) is 3.83. The van der Waals surface area contributed by atoms with E-state index in [1.807, 2.05) is 0 Å². The highest BCUT2D eigenvalue weighted by molar-refractivity contribution is 7.12. The molecule has 0 aliphatic heterocycles. The van der Waals surface area contributed by atoms with Gasteiger partial charge in [-0.25, -0.2) is 9.59 Å². The van der Waals surface area contributed by atoms with Crippen LogP contribution in [0.3, 0.4) is 0 Å². The van der Waals surface area contributed by atoms with Crippen molar-refractivity contribution in [3.63, 3.8) is 0 Å². The Balaban J connectivity index is 2.03. The van der Waals surface area contributed by atoms with E-state index < -0.39 is 11.6 Å². The number of hydrogen-bond donors (Lipinski definition) is 0. The summed E-state index contributed by atoms with van der Waals surface area (Å²) in [6.07, 6.45) is 0.468. The van der Waals surface area contributed by atoms with Crippen LogP contribution in [-0.4, -0.2) is 19.0 Å². The van der Waals surface area contributed by atoms with Gasteiger partial charge < -0.3 is 13.9 Å². The number of hydrogen-bond acceptors (Lipinski definition) is 7. The number of carbonyl (C=O) groups excluding carboxylic acids is 2. The fourth-order valence-corrected chi connectivity index (χ4v) is 3.16. The highest BCUT2D eigenvalue weighted by Gasteiger charge is 2.16. The monoisotopic (exact) mass is 372 g/mol. The molecule has 1 aromatic carbocycles. The van der Waals surface area contributed by atoms with Gasteiger partial charge in [0.1, 0.15) is 16.2 Å². The molecule has 0 saturated heterocycles. The average Bonchev–Trinajstić information content (AvgIpc) is 3.14. The minimum absolute atomic E-state index is 0.140. The molecular weight excluding hydrogens is 356 g/mol. The summed E-state index contributed by atoms with van der Waals surface area (Å²) < 4.78 is 15.4. The molecule has 0 N–H and O–H groups in total. The van der Waals surface area contributed by atoms with E-state index in [4.69, 9.17) is 9.15 Å². The highest BCUT2D eigenvalue weighted by Crippen LogP contribution is 2.29. The largest absolute Gasteiger partial charge is 0.469 e. The Kier molecular flexibility index (Phi) is 5.18. The Morgan fingerprint density at radius 2 is 2.04 bits per heavy atom. The third-order valence-corrected chi connectivity index (χ3v) is 4.73. The minimum atomic E-state index is -0.506. The van der Waals surface area contributed by atoms with Crippen LogP contribution in [0.5, 0.6) is 5.75 Å². The molecule has 134 valence electrons. The number of methoxy groups -OCH3 is 1. The quantitative estimate of drug-likeness (QED) is 0.387. The van der Waals surface area contributed by atoms with E-state index >= 15 is 0 Å². The van der Waals surface area contributed by atoms with Crippen molar-refractivity contribution in [1.82, 2.24) is 0 Å². The summed E-state index contributed by atoms with van der Waals surface area (Å²) in [4.78, 5) is 35.9. The molecule has 0 radical (unpaired) electrons. The first kappa shape index (κ1) is 17.9. The summed E-state index contributed by atoms with van der Waals surface area (Å²) in [6, 6.07) is 8.09. The van der Waals surface area contributed by atoms with E-state index in [1.54, 1.807) is 30.5 Å². The summed E-state index contributed by atoms with van der Waals surface area (Å²) in [5, 5.41) is 2.50. The van der Waals surface area contributed by atoms with Crippen molar-refractivity contribution in [1.29, 1.82) is 0 Å². The van der Waals surface area contributed by atoms with E-state index in [2.05, 4.69) is 4.74 Å². The second-order valence-electron chi connectivity index (χ2n) is 5.65. The van der Waals surface area contributed by atoms with Crippen LogP contribution in [0.4, 0.5) is 0 Å². The predicted molar refractivity (Wildman–Crippen MR) is 96.8 cm³/mol. The molecule has 2 heterocycles. The molecule has 6 nitrogen and oxygen atoms in total. The minimum Gasteiger partial charge on any atom is -0.469 e. The van der Waals surface area contributed by atoms with E-state index in [-0.39, 0.29) is 18.1 Å². The van der Waals surface area contributed by atoms with Gasteiger partial charge in [0.05, 0.1) is 7.11 Å². The van der Waals surface area contributed by atoms with Gasteiger partial charge in [0.2, 0.25) is 0 Å². The van der Waals surface area contributed by atoms with Gasteiger partial charge in [-0.15, -0.1) is 11.3 Å². The summed E-state index contributed by atoms with van der Waals surface area (Å²) in [7, 11) is 1.32. The normalized spacial score (nSPS) is 10.7. The van der Waals surface area contributed by atoms with Crippen molar-refractivity contribution in [3.05, 3.63) is 62.1 Å². The SMILES string of the molecule is COC(=O)CCc1cc2c(C)cc(=O)oc2cc1OC(=O)c1cccs1. The van der Waals surface area contributed by atoms with Gasteiger partial charge in [0, 0.05) is 23.9 Å². The number of rotatable bonds is 5. The first-order valence-electron chi connectivity index (χ1n) is 7.88. The average molecular weight is 372 g/mol. The fourth-order valence-electron chi connectivity index (χ4n) is 2.57. The molecule has 0 aliphatic carbocycles. The number of carbonyl (C=O) groups is 2. The maximum atomic E-state index is 12.3. The Hall–Kier alpha value is -2.93. The van der Waals surface area contributed by atoms with Crippen molar-refractivity contribution >= 4 is 34.2 Å². The zero-order valence-corrected chi connectivity index (χ0v) is 15.1. The maximum Gasteiger partial charge on any atom is 0.353 e. The van der Waals surface area contributed by atoms with Crippen molar-refractivity contribution < 1.29 is 23.5 Å². The molecular formula is C19H16O6S. The molecule has 0 amide bonds.